The molecular weight excluding hydrogens is 342 g/mol. The Hall–Kier alpha value is -2.31. The summed E-state index contributed by atoms with van der Waals surface area (Å²) < 4.78 is 5.27. The van der Waals surface area contributed by atoms with Crippen LogP contribution in [0.4, 0.5) is 0 Å². The van der Waals surface area contributed by atoms with Crippen LogP contribution < -0.4 is 0 Å². The van der Waals surface area contributed by atoms with E-state index in [0.29, 0.717) is 36.4 Å². The van der Waals surface area contributed by atoms with E-state index in [4.69, 9.17) is 4.52 Å². The van der Waals surface area contributed by atoms with Gasteiger partial charge in [-0.2, -0.15) is 4.98 Å². The predicted molar refractivity (Wildman–Crippen MR) is 99.6 cm³/mol. The predicted octanol–water partition coefficient (Wildman–Crippen LogP) is 3.42. The Labute approximate surface area is 159 Å². The van der Waals surface area contributed by atoms with Gasteiger partial charge in [0.2, 0.25) is 23.4 Å². The maximum absolute atomic E-state index is 12.8. The van der Waals surface area contributed by atoms with Crippen molar-refractivity contribution in [3.8, 4) is 11.6 Å². The number of carbonyl (C=O) groups excluding carboxylic acids is 1. The first-order valence-electron chi connectivity index (χ1n) is 10.2. The van der Waals surface area contributed by atoms with Crippen molar-refractivity contribution in [2.24, 2.45) is 5.92 Å². The number of hydrogen-bond acceptors (Lipinski definition) is 6. The van der Waals surface area contributed by atoms with E-state index in [1.54, 1.807) is 18.5 Å². The number of rotatable bonds is 6. The summed E-state index contributed by atoms with van der Waals surface area (Å²) in [5, 5.41) is 3.92. The normalized spacial score (nSPS) is 20.9. The molecule has 0 spiro atoms. The van der Waals surface area contributed by atoms with Gasteiger partial charge in [0.1, 0.15) is 0 Å². The van der Waals surface area contributed by atoms with Crippen LogP contribution in [0.3, 0.4) is 0 Å². The summed E-state index contributed by atoms with van der Waals surface area (Å²) >= 11 is 0. The highest BCUT2D eigenvalue weighted by atomic mass is 16.5. The van der Waals surface area contributed by atoms with E-state index in [-0.39, 0.29) is 5.91 Å². The number of likely N-dealkylation sites (tertiary alicyclic amines) is 1. The van der Waals surface area contributed by atoms with Gasteiger partial charge in [-0.3, -0.25) is 4.79 Å². The molecule has 3 heterocycles. The Balaban J connectivity index is 1.30. The van der Waals surface area contributed by atoms with Crippen LogP contribution in [0.25, 0.3) is 11.6 Å². The summed E-state index contributed by atoms with van der Waals surface area (Å²) in [5.41, 5.74) is 0. The van der Waals surface area contributed by atoms with Gasteiger partial charge in [0.25, 0.3) is 0 Å². The molecule has 1 aliphatic carbocycles. The summed E-state index contributed by atoms with van der Waals surface area (Å²) in [5.74, 6) is 2.29. The molecule has 1 atom stereocenters. The van der Waals surface area contributed by atoms with Crippen molar-refractivity contribution in [2.75, 3.05) is 6.54 Å². The first-order chi connectivity index (χ1) is 13.3. The lowest BCUT2D eigenvalue weighted by molar-refractivity contribution is -0.132. The van der Waals surface area contributed by atoms with Gasteiger partial charge in [-0.25, -0.2) is 9.97 Å². The third-order valence-electron chi connectivity index (χ3n) is 5.81. The number of amides is 1. The zero-order valence-corrected chi connectivity index (χ0v) is 15.7. The third-order valence-corrected chi connectivity index (χ3v) is 5.81. The molecule has 2 fully saturated rings. The summed E-state index contributed by atoms with van der Waals surface area (Å²) in [6.07, 6.45) is 14.4. The van der Waals surface area contributed by atoms with Crippen LogP contribution >= 0.6 is 0 Å². The summed E-state index contributed by atoms with van der Waals surface area (Å²) in [4.78, 5) is 27.4. The number of carbonyl (C=O) groups is 1. The van der Waals surface area contributed by atoms with Crippen LogP contribution in [0.2, 0.25) is 0 Å². The van der Waals surface area contributed by atoms with E-state index >= 15 is 0 Å². The van der Waals surface area contributed by atoms with Gasteiger partial charge < -0.3 is 9.42 Å². The van der Waals surface area contributed by atoms with Crippen LogP contribution in [0.1, 0.15) is 63.7 Å². The van der Waals surface area contributed by atoms with Crippen LogP contribution in [0, 0.1) is 5.92 Å². The van der Waals surface area contributed by atoms with Crippen LogP contribution in [-0.2, 0) is 11.2 Å². The first-order valence-corrected chi connectivity index (χ1v) is 10.2. The average Bonchev–Trinajstić information content (AvgIpc) is 3.37. The van der Waals surface area contributed by atoms with Gasteiger partial charge in [-0.15, -0.1) is 0 Å². The Morgan fingerprint density at radius 1 is 1.07 bits per heavy atom. The van der Waals surface area contributed by atoms with Crippen molar-refractivity contribution in [3.63, 3.8) is 0 Å². The minimum Gasteiger partial charge on any atom is -0.340 e. The Morgan fingerprint density at radius 2 is 1.89 bits per heavy atom. The highest BCUT2D eigenvalue weighted by Crippen LogP contribution is 2.32. The number of aryl methyl sites for hydroxylation is 1. The molecule has 0 radical (unpaired) electrons. The minimum atomic E-state index is 0.212. The average molecular weight is 369 g/mol. The third kappa shape index (κ3) is 4.51. The Morgan fingerprint density at radius 3 is 2.70 bits per heavy atom. The highest BCUT2D eigenvalue weighted by molar-refractivity contribution is 5.77. The van der Waals surface area contributed by atoms with Crippen molar-refractivity contribution in [2.45, 2.75) is 70.3 Å². The number of nitrogens with zero attached hydrogens (tertiary/aromatic N) is 5. The van der Waals surface area contributed by atoms with Crippen molar-refractivity contribution >= 4 is 5.91 Å². The Kier molecular flexibility index (Phi) is 5.75. The first kappa shape index (κ1) is 18.1. The van der Waals surface area contributed by atoms with Crippen molar-refractivity contribution in [3.05, 3.63) is 24.4 Å². The fourth-order valence-corrected chi connectivity index (χ4v) is 4.44. The van der Waals surface area contributed by atoms with Gasteiger partial charge in [-0.1, -0.05) is 37.3 Å². The molecule has 1 amide bonds. The molecule has 4 rings (SSSR count). The van der Waals surface area contributed by atoms with Crippen LogP contribution in [-0.4, -0.2) is 43.5 Å². The molecule has 1 unspecified atom stereocenters. The molecule has 2 aromatic rings. The fraction of sp³-hybridized carbons (Fsp3) is 0.650. The molecule has 0 aromatic carbocycles. The molecule has 0 bridgehead atoms. The SMILES string of the molecule is O=C(CCc1nc(-c2ncccn2)no1)N1CCCC1CC1CCCCC1. The number of aromatic nitrogens is 4. The van der Waals surface area contributed by atoms with Gasteiger partial charge in [-0.05, 0) is 31.2 Å². The van der Waals surface area contributed by atoms with Crippen LogP contribution in [0.15, 0.2) is 23.0 Å². The monoisotopic (exact) mass is 369 g/mol. The molecule has 2 aromatic heterocycles. The highest BCUT2D eigenvalue weighted by Gasteiger charge is 2.31. The lowest BCUT2D eigenvalue weighted by Crippen LogP contribution is -2.37. The quantitative estimate of drug-likeness (QED) is 0.775. The van der Waals surface area contributed by atoms with Crippen molar-refractivity contribution < 1.29 is 9.32 Å². The second-order valence-corrected chi connectivity index (χ2v) is 7.71. The number of hydrogen-bond donors (Lipinski definition) is 0. The van der Waals surface area contributed by atoms with E-state index in [2.05, 4.69) is 25.0 Å². The molecule has 7 nitrogen and oxygen atoms in total. The van der Waals surface area contributed by atoms with E-state index in [9.17, 15) is 4.79 Å². The molecule has 0 N–H and O–H groups in total. The van der Waals surface area contributed by atoms with Gasteiger partial charge in [0, 0.05) is 37.8 Å². The molecule has 7 heteroatoms. The van der Waals surface area contributed by atoms with Crippen LogP contribution in [0.5, 0.6) is 0 Å². The maximum atomic E-state index is 12.8. The second-order valence-electron chi connectivity index (χ2n) is 7.71. The summed E-state index contributed by atoms with van der Waals surface area (Å²) in [7, 11) is 0. The lowest BCUT2D eigenvalue weighted by atomic mass is 9.84. The standard InChI is InChI=1S/C20H27N5O2/c26-18(25-13-4-8-16(25)14-15-6-2-1-3-7-15)10-9-17-23-20(24-27-17)19-21-11-5-12-22-19/h5,11-12,15-16H,1-4,6-10,13-14H2. The molecule has 144 valence electrons. The van der Waals surface area contributed by atoms with E-state index in [1.165, 1.54) is 38.5 Å². The fourth-order valence-electron chi connectivity index (χ4n) is 4.44. The molecular formula is C20H27N5O2. The zero-order valence-electron chi connectivity index (χ0n) is 15.7. The smallest absolute Gasteiger partial charge is 0.240 e. The van der Waals surface area contributed by atoms with Gasteiger partial charge >= 0.3 is 0 Å². The van der Waals surface area contributed by atoms with E-state index in [0.717, 1.165) is 25.3 Å². The van der Waals surface area contributed by atoms with E-state index in [1.807, 2.05) is 0 Å². The van der Waals surface area contributed by atoms with Gasteiger partial charge in [0.05, 0.1) is 0 Å². The van der Waals surface area contributed by atoms with E-state index < -0.39 is 0 Å². The molecule has 1 saturated heterocycles. The lowest BCUT2D eigenvalue weighted by Gasteiger charge is -2.30. The second kappa shape index (κ2) is 8.59. The topological polar surface area (TPSA) is 85.0 Å². The molecule has 1 aliphatic heterocycles. The maximum Gasteiger partial charge on any atom is 0.240 e. The van der Waals surface area contributed by atoms with Crippen molar-refractivity contribution in [1.29, 1.82) is 0 Å². The van der Waals surface area contributed by atoms with Gasteiger partial charge in [0.15, 0.2) is 0 Å². The molecule has 1 saturated carbocycles. The molecule has 27 heavy (non-hydrogen) atoms. The summed E-state index contributed by atoms with van der Waals surface area (Å²) in [6.45, 7) is 0.892. The Bertz CT molecular complexity index is 742. The minimum absolute atomic E-state index is 0.212. The molecule has 2 aliphatic rings. The largest absolute Gasteiger partial charge is 0.340 e. The zero-order chi connectivity index (χ0) is 18.5. The van der Waals surface area contributed by atoms with Crippen molar-refractivity contribution in [1.82, 2.24) is 25.0 Å². The summed E-state index contributed by atoms with van der Waals surface area (Å²) in [6, 6.07) is 2.17.